The van der Waals surface area contributed by atoms with E-state index < -0.39 is 0 Å². The van der Waals surface area contributed by atoms with Gasteiger partial charge in [0.2, 0.25) is 5.75 Å². The van der Waals surface area contributed by atoms with E-state index >= 15 is 0 Å². The van der Waals surface area contributed by atoms with Gasteiger partial charge in [0, 0.05) is 30.4 Å². The molecule has 1 aliphatic heterocycles. The third kappa shape index (κ3) is 4.42. The molecule has 0 aliphatic carbocycles. The van der Waals surface area contributed by atoms with Crippen LogP contribution in [-0.2, 0) is 0 Å². The Balaban J connectivity index is 1.73. The predicted octanol–water partition coefficient (Wildman–Crippen LogP) is 2.33. The number of hydrogen-bond acceptors (Lipinski definition) is 6. The quantitative estimate of drug-likeness (QED) is 0.705. The van der Waals surface area contributed by atoms with Crippen LogP contribution in [0.5, 0.6) is 17.2 Å². The molecule has 30 heavy (non-hydrogen) atoms. The van der Waals surface area contributed by atoms with Crippen molar-refractivity contribution in [3.8, 4) is 17.2 Å². The molecule has 1 aliphatic rings. The fraction of sp³-hybridized carbons (Fsp3) is 0.364. The van der Waals surface area contributed by atoms with E-state index in [0.29, 0.717) is 47.2 Å². The molecule has 1 fully saturated rings. The van der Waals surface area contributed by atoms with Crippen LogP contribution in [0.2, 0.25) is 0 Å². The fourth-order valence-corrected chi connectivity index (χ4v) is 3.62. The average Bonchev–Trinajstić information content (AvgIpc) is 2.78. The normalized spacial score (nSPS) is 16.0. The number of rotatable bonds is 6. The summed E-state index contributed by atoms with van der Waals surface area (Å²) in [6.07, 6.45) is 1.57. The van der Waals surface area contributed by atoms with Gasteiger partial charge in [0.1, 0.15) is 0 Å². The first-order valence-electron chi connectivity index (χ1n) is 9.73. The van der Waals surface area contributed by atoms with Gasteiger partial charge in [-0.15, -0.1) is 0 Å². The third-order valence-corrected chi connectivity index (χ3v) is 5.16. The SMILES string of the molecule is COc1cc(C(=O)NC2CCCN(C(=O)c3ccccc3N)C2)cc(OC)c1OC. The number of nitrogen functional groups attached to an aromatic ring is 1. The summed E-state index contributed by atoms with van der Waals surface area (Å²) < 4.78 is 15.9. The Morgan fingerprint density at radius 2 is 1.73 bits per heavy atom. The Hall–Kier alpha value is -3.42. The maximum absolute atomic E-state index is 12.9. The summed E-state index contributed by atoms with van der Waals surface area (Å²) in [5, 5.41) is 3.01. The summed E-state index contributed by atoms with van der Waals surface area (Å²) in [6, 6.07) is 10.1. The van der Waals surface area contributed by atoms with Crippen LogP contribution in [0.1, 0.15) is 33.6 Å². The molecule has 3 rings (SSSR count). The van der Waals surface area contributed by atoms with Gasteiger partial charge in [-0.05, 0) is 37.1 Å². The summed E-state index contributed by atoms with van der Waals surface area (Å²) >= 11 is 0. The van der Waals surface area contributed by atoms with Crippen molar-refractivity contribution >= 4 is 17.5 Å². The number of ether oxygens (including phenoxy) is 3. The summed E-state index contributed by atoms with van der Waals surface area (Å²) in [7, 11) is 4.50. The highest BCUT2D eigenvalue weighted by molar-refractivity contribution is 5.99. The highest BCUT2D eigenvalue weighted by atomic mass is 16.5. The highest BCUT2D eigenvalue weighted by Crippen LogP contribution is 2.38. The van der Waals surface area contributed by atoms with Gasteiger partial charge in [0.15, 0.2) is 11.5 Å². The van der Waals surface area contributed by atoms with Crippen LogP contribution in [0.15, 0.2) is 36.4 Å². The van der Waals surface area contributed by atoms with Crippen molar-refractivity contribution in [3.63, 3.8) is 0 Å². The first-order valence-corrected chi connectivity index (χ1v) is 9.73. The summed E-state index contributed by atoms with van der Waals surface area (Å²) in [6.45, 7) is 1.05. The van der Waals surface area contributed by atoms with Crippen molar-refractivity contribution in [1.82, 2.24) is 10.2 Å². The zero-order valence-corrected chi connectivity index (χ0v) is 17.4. The molecule has 1 heterocycles. The fourth-order valence-electron chi connectivity index (χ4n) is 3.62. The number of carbonyl (C=O) groups excluding carboxylic acids is 2. The number of amides is 2. The van der Waals surface area contributed by atoms with Gasteiger partial charge in [-0.1, -0.05) is 12.1 Å². The van der Waals surface area contributed by atoms with Crippen molar-refractivity contribution < 1.29 is 23.8 Å². The van der Waals surface area contributed by atoms with E-state index in [1.165, 1.54) is 21.3 Å². The smallest absolute Gasteiger partial charge is 0.256 e. The largest absolute Gasteiger partial charge is 0.493 e. The van der Waals surface area contributed by atoms with Crippen LogP contribution >= 0.6 is 0 Å². The average molecular weight is 413 g/mol. The molecule has 160 valence electrons. The molecular weight excluding hydrogens is 386 g/mol. The van der Waals surface area contributed by atoms with E-state index in [9.17, 15) is 9.59 Å². The van der Waals surface area contributed by atoms with Gasteiger partial charge in [-0.25, -0.2) is 0 Å². The Kier molecular flexibility index (Phi) is 6.66. The van der Waals surface area contributed by atoms with E-state index in [1.807, 2.05) is 0 Å². The third-order valence-electron chi connectivity index (χ3n) is 5.16. The lowest BCUT2D eigenvalue weighted by Crippen LogP contribution is -2.49. The monoisotopic (exact) mass is 413 g/mol. The summed E-state index contributed by atoms with van der Waals surface area (Å²) in [4.78, 5) is 27.4. The van der Waals surface area contributed by atoms with Crippen LogP contribution in [0, 0.1) is 0 Å². The molecule has 2 aromatic rings. The zero-order chi connectivity index (χ0) is 21.7. The summed E-state index contributed by atoms with van der Waals surface area (Å²) in [5.74, 6) is 0.836. The number of benzene rings is 2. The second-order valence-corrected chi connectivity index (χ2v) is 7.07. The van der Waals surface area contributed by atoms with Crippen molar-refractivity contribution in [1.29, 1.82) is 0 Å². The number of hydrogen-bond donors (Lipinski definition) is 2. The van der Waals surface area contributed by atoms with Gasteiger partial charge in [0.05, 0.1) is 26.9 Å². The zero-order valence-electron chi connectivity index (χ0n) is 17.4. The first kappa shape index (κ1) is 21.3. The number of nitrogens with two attached hydrogens (primary N) is 1. The molecule has 3 N–H and O–H groups in total. The number of likely N-dealkylation sites (tertiary alicyclic amines) is 1. The van der Waals surface area contributed by atoms with Gasteiger partial charge >= 0.3 is 0 Å². The number of para-hydroxylation sites is 1. The number of anilines is 1. The van der Waals surface area contributed by atoms with Crippen molar-refractivity contribution in [3.05, 3.63) is 47.5 Å². The first-order chi connectivity index (χ1) is 14.5. The van der Waals surface area contributed by atoms with Gasteiger partial charge in [-0.2, -0.15) is 0 Å². The maximum atomic E-state index is 12.9. The number of nitrogens with zero attached hydrogens (tertiary/aromatic N) is 1. The highest BCUT2D eigenvalue weighted by Gasteiger charge is 2.27. The van der Waals surface area contributed by atoms with Crippen LogP contribution < -0.4 is 25.3 Å². The lowest BCUT2D eigenvalue weighted by molar-refractivity contribution is 0.0677. The molecule has 1 unspecified atom stereocenters. The van der Waals surface area contributed by atoms with Crippen molar-refractivity contribution in [2.45, 2.75) is 18.9 Å². The molecule has 0 spiro atoms. The van der Waals surface area contributed by atoms with Crippen LogP contribution in [0.25, 0.3) is 0 Å². The van der Waals surface area contributed by atoms with Crippen molar-refractivity contribution in [2.75, 3.05) is 40.2 Å². The van der Waals surface area contributed by atoms with Gasteiger partial charge < -0.3 is 30.2 Å². The molecule has 8 nitrogen and oxygen atoms in total. The van der Waals surface area contributed by atoms with E-state index in [2.05, 4.69) is 5.32 Å². The second kappa shape index (κ2) is 9.39. The van der Waals surface area contributed by atoms with E-state index in [0.717, 1.165) is 12.8 Å². The lowest BCUT2D eigenvalue weighted by atomic mass is 10.0. The number of piperidine rings is 1. The molecule has 0 bridgehead atoms. The minimum Gasteiger partial charge on any atom is -0.493 e. The molecule has 8 heteroatoms. The Morgan fingerprint density at radius 1 is 1.07 bits per heavy atom. The second-order valence-electron chi connectivity index (χ2n) is 7.07. The molecule has 2 aromatic carbocycles. The lowest BCUT2D eigenvalue weighted by Gasteiger charge is -2.33. The predicted molar refractivity (Wildman–Crippen MR) is 113 cm³/mol. The number of nitrogens with one attached hydrogen (secondary N) is 1. The maximum Gasteiger partial charge on any atom is 0.256 e. The van der Waals surface area contributed by atoms with E-state index in [4.69, 9.17) is 19.9 Å². The number of methoxy groups -OCH3 is 3. The molecule has 0 radical (unpaired) electrons. The molecule has 1 saturated heterocycles. The minimum absolute atomic E-state index is 0.125. The van der Waals surface area contributed by atoms with Crippen LogP contribution in [0.3, 0.4) is 0 Å². The molecular formula is C22H27N3O5. The standard InChI is InChI=1S/C22H27N3O5/c1-28-18-11-14(12-19(29-2)20(18)30-3)21(26)24-15-7-6-10-25(13-15)22(27)16-8-4-5-9-17(16)23/h4-5,8-9,11-12,15H,6-7,10,13,23H2,1-3H3,(H,24,26). The summed E-state index contributed by atoms with van der Waals surface area (Å²) in [5.41, 5.74) is 7.27. The Morgan fingerprint density at radius 3 is 2.33 bits per heavy atom. The van der Waals surface area contributed by atoms with Crippen molar-refractivity contribution in [2.24, 2.45) is 0 Å². The molecule has 2 amide bonds. The van der Waals surface area contributed by atoms with Crippen LogP contribution in [0.4, 0.5) is 5.69 Å². The Bertz CT molecular complexity index is 906. The van der Waals surface area contributed by atoms with E-state index in [-0.39, 0.29) is 17.9 Å². The molecule has 0 saturated carbocycles. The molecule has 1 atom stereocenters. The van der Waals surface area contributed by atoms with Gasteiger partial charge in [-0.3, -0.25) is 9.59 Å². The minimum atomic E-state index is -0.271. The number of carbonyl (C=O) groups is 2. The Labute approximate surface area is 175 Å². The van der Waals surface area contributed by atoms with Gasteiger partial charge in [0.25, 0.3) is 11.8 Å². The molecule has 0 aromatic heterocycles. The van der Waals surface area contributed by atoms with Crippen LogP contribution in [-0.4, -0.2) is 57.2 Å². The topological polar surface area (TPSA) is 103 Å². The van der Waals surface area contributed by atoms with E-state index in [1.54, 1.807) is 41.3 Å².